The lowest BCUT2D eigenvalue weighted by atomic mass is 9.78. The van der Waals surface area contributed by atoms with Gasteiger partial charge in [0.15, 0.2) is 5.82 Å². The summed E-state index contributed by atoms with van der Waals surface area (Å²) in [5.74, 6) is 0.372. The largest absolute Gasteiger partial charge is 0.382 e. The van der Waals surface area contributed by atoms with Gasteiger partial charge in [-0.1, -0.05) is 20.3 Å². The molecule has 2 N–H and O–H groups in total. The number of aromatic nitrogens is 1. The van der Waals surface area contributed by atoms with Gasteiger partial charge < -0.3 is 10.6 Å². The molecule has 1 fully saturated rings. The summed E-state index contributed by atoms with van der Waals surface area (Å²) in [5.41, 5.74) is 6.70. The van der Waals surface area contributed by atoms with Crippen LogP contribution < -0.4 is 10.6 Å². The third-order valence-electron chi connectivity index (χ3n) is 3.92. The van der Waals surface area contributed by atoms with Crippen LogP contribution in [0.5, 0.6) is 0 Å². The Morgan fingerprint density at radius 3 is 2.71 bits per heavy atom. The predicted molar refractivity (Wildman–Crippen MR) is 71.1 cm³/mol. The number of piperidine rings is 1. The minimum atomic E-state index is 0.372. The van der Waals surface area contributed by atoms with Crippen LogP contribution in [0.4, 0.5) is 10.8 Å². The van der Waals surface area contributed by atoms with Crippen LogP contribution in [0.15, 0.2) is 0 Å². The first kappa shape index (κ1) is 12.2. The summed E-state index contributed by atoms with van der Waals surface area (Å²) in [6.07, 6.45) is 3.56. The van der Waals surface area contributed by atoms with Gasteiger partial charge in [-0.15, -0.1) is 0 Å². The van der Waals surface area contributed by atoms with Crippen molar-refractivity contribution >= 4 is 22.4 Å². The summed E-state index contributed by atoms with van der Waals surface area (Å²) in [6.45, 7) is 6.60. The fourth-order valence-electron chi connectivity index (χ4n) is 2.22. The third-order valence-corrected chi connectivity index (χ3v) is 4.85. The molecule has 1 aromatic rings. The van der Waals surface area contributed by atoms with Crippen molar-refractivity contribution in [3.05, 3.63) is 5.56 Å². The summed E-state index contributed by atoms with van der Waals surface area (Å²) < 4.78 is 4.07. The fraction of sp³-hybridized carbons (Fsp3) is 0.667. The minimum Gasteiger partial charge on any atom is -0.382 e. The topological polar surface area (TPSA) is 65.9 Å². The smallest absolute Gasteiger partial charge is 0.157 e. The fourth-order valence-corrected chi connectivity index (χ4v) is 3.03. The molecule has 0 aliphatic carbocycles. The van der Waals surface area contributed by atoms with Gasteiger partial charge in [-0.25, -0.2) is 0 Å². The van der Waals surface area contributed by atoms with E-state index in [1.165, 1.54) is 30.8 Å². The van der Waals surface area contributed by atoms with Gasteiger partial charge in [0, 0.05) is 13.1 Å². The van der Waals surface area contributed by atoms with Gasteiger partial charge in [-0.05, 0) is 29.8 Å². The van der Waals surface area contributed by atoms with E-state index in [9.17, 15) is 0 Å². The second-order valence-electron chi connectivity index (χ2n) is 5.01. The van der Waals surface area contributed by atoms with Gasteiger partial charge in [0.05, 0.1) is 0 Å². The quantitative estimate of drug-likeness (QED) is 0.876. The molecule has 0 bridgehead atoms. The maximum absolute atomic E-state index is 9.08. The number of nitrogens with zero attached hydrogens (tertiary/aromatic N) is 3. The molecule has 2 rings (SSSR count). The number of hydrogen-bond donors (Lipinski definition) is 1. The Morgan fingerprint density at radius 1 is 1.53 bits per heavy atom. The first-order chi connectivity index (χ1) is 8.09. The molecule has 1 aliphatic heterocycles. The van der Waals surface area contributed by atoms with E-state index in [-0.39, 0.29) is 0 Å². The monoisotopic (exact) mass is 250 g/mol. The number of hydrogen-bond acceptors (Lipinski definition) is 5. The van der Waals surface area contributed by atoms with Crippen LogP contribution in [0.1, 0.15) is 38.7 Å². The van der Waals surface area contributed by atoms with E-state index in [1.807, 2.05) is 0 Å². The number of rotatable bonds is 2. The molecular formula is C12H18N4S. The predicted octanol–water partition coefficient (Wildman–Crippen LogP) is 2.61. The molecule has 0 unspecified atom stereocenters. The second kappa shape index (κ2) is 4.53. The van der Waals surface area contributed by atoms with Crippen molar-refractivity contribution < 1.29 is 0 Å². The van der Waals surface area contributed by atoms with E-state index in [0.29, 0.717) is 16.8 Å². The molecule has 5 heteroatoms. The van der Waals surface area contributed by atoms with Gasteiger partial charge in [0.2, 0.25) is 0 Å². The molecule has 0 radical (unpaired) electrons. The van der Waals surface area contributed by atoms with Crippen LogP contribution in [0.2, 0.25) is 0 Å². The summed E-state index contributed by atoms with van der Waals surface area (Å²) >= 11 is 1.34. The Bertz CT molecular complexity index is 438. The van der Waals surface area contributed by atoms with E-state index < -0.39 is 0 Å². The van der Waals surface area contributed by atoms with Crippen LogP contribution in [-0.2, 0) is 0 Å². The molecule has 0 amide bonds. The van der Waals surface area contributed by atoms with Gasteiger partial charge >= 0.3 is 0 Å². The maximum atomic E-state index is 9.08. The van der Waals surface area contributed by atoms with E-state index in [2.05, 4.69) is 29.2 Å². The number of nitrogens with two attached hydrogens (primary N) is 1. The molecule has 1 aliphatic rings. The van der Waals surface area contributed by atoms with Crippen LogP contribution >= 0.6 is 11.5 Å². The SMILES string of the molecule is CCC1(C)CCN(c2snc(N)c2C#N)CC1. The summed E-state index contributed by atoms with van der Waals surface area (Å²) in [5, 5.41) is 10.0. The number of nitrogen functional groups attached to an aromatic ring is 1. The van der Waals surface area contributed by atoms with Crippen LogP contribution in [0.3, 0.4) is 0 Å². The minimum absolute atomic E-state index is 0.372. The van der Waals surface area contributed by atoms with Crippen molar-refractivity contribution in [2.75, 3.05) is 23.7 Å². The Morgan fingerprint density at radius 2 is 2.18 bits per heavy atom. The summed E-state index contributed by atoms with van der Waals surface area (Å²) in [6, 6.07) is 2.16. The molecule has 0 atom stereocenters. The van der Waals surface area contributed by atoms with Crippen molar-refractivity contribution in [1.82, 2.24) is 4.37 Å². The van der Waals surface area contributed by atoms with Crippen LogP contribution in [-0.4, -0.2) is 17.5 Å². The normalized spacial score (nSPS) is 19.0. The van der Waals surface area contributed by atoms with Crippen LogP contribution in [0, 0.1) is 16.7 Å². The average molecular weight is 250 g/mol. The Balaban J connectivity index is 2.14. The second-order valence-corrected chi connectivity index (χ2v) is 5.76. The molecule has 4 nitrogen and oxygen atoms in total. The van der Waals surface area contributed by atoms with Gasteiger partial charge in [-0.2, -0.15) is 9.64 Å². The molecule has 0 spiro atoms. The Labute approximate surface area is 106 Å². The first-order valence-electron chi connectivity index (χ1n) is 6.00. The molecule has 1 saturated heterocycles. The van der Waals surface area contributed by atoms with Crippen molar-refractivity contribution in [3.63, 3.8) is 0 Å². The standard InChI is InChI=1S/C12H18N4S/c1-3-12(2)4-6-16(7-5-12)11-9(8-13)10(14)15-17-11/h3-7H2,1-2H3,(H2,14,15). The maximum Gasteiger partial charge on any atom is 0.157 e. The van der Waals surface area contributed by atoms with E-state index in [1.54, 1.807) is 0 Å². The van der Waals surface area contributed by atoms with E-state index in [0.717, 1.165) is 18.1 Å². The summed E-state index contributed by atoms with van der Waals surface area (Å²) in [7, 11) is 0. The average Bonchev–Trinajstić information content (AvgIpc) is 2.71. The Hall–Kier alpha value is -1.28. The molecule has 92 valence electrons. The lowest BCUT2D eigenvalue weighted by Gasteiger charge is -2.39. The van der Waals surface area contributed by atoms with E-state index >= 15 is 0 Å². The number of anilines is 2. The van der Waals surface area contributed by atoms with Crippen LogP contribution in [0.25, 0.3) is 0 Å². The number of nitriles is 1. The molecule has 1 aromatic heterocycles. The summed E-state index contributed by atoms with van der Waals surface area (Å²) in [4.78, 5) is 2.25. The molecule has 17 heavy (non-hydrogen) atoms. The Kier molecular flexibility index (Phi) is 3.25. The molecule has 0 saturated carbocycles. The zero-order valence-electron chi connectivity index (χ0n) is 10.4. The highest BCUT2D eigenvalue weighted by Gasteiger charge is 2.30. The third kappa shape index (κ3) is 2.22. The van der Waals surface area contributed by atoms with Gasteiger partial charge in [-0.3, -0.25) is 0 Å². The lowest BCUT2D eigenvalue weighted by Crippen LogP contribution is -2.38. The van der Waals surface area contributed by atoms with Gasteiger partial charge in [0.25, 0.3) is 0 Å². The zero-order valence-corrected chi connectivity index (χ0v) is 11.2. The molecule has 2 heterocycles. The van der Waals surface area contributed by atoms with Gasteiger partial charge in [0.1, 0.15) is 16.6 Å². The highest BCUT2D eigenvalue weighted by molar-refractivity contribution is 7.10. The zero-order chi connectivity index (χ0) is 12.5. The van der Waals surface area contributed by atoms with Crippen molar-refractivity contribution in [2.24, 2.45) is 5.41 Å². The highest BCUT2D eigenvalue weighted by atomic mass is 32.1. The van der Waals surface area contributed by atoms with Crippen molar-refractivity contribution in [2.45, 2.75) is 33.1 Å². The van der Waals surface area contributed by atoms with Crippen molar-refractivity contribution in [1.29, 1.82) is 5.26 Å². The first-order valence-corrected chi connectivity index (χ1v) is 6.77. The molecular weight excluding hydrogens is 232 g/mol. The molecule has 0 aromatic carbocycles. The lowest BCUT2D eigenvalue weighted by molar-refractivity contribution is 0.238. The van der Waals surface area contributed by atoms with Crippen molar-refractivity contribution in [3.8, 4) is 6.07 Å². The highest BCUT2D eigenvalue weighted by Crippen LogP contribution is 2.38. The van der Waals surface area contributed by atoms with E-state index in [4.69, 9.17) is 11.0 Å².